The Hall–Kier alpha value is 0.360. The molecular weight excluding hydrogens is 223 g/mol. The lowest BCUT2D eigenvalue weighted by molar-refractivity contribution is 0.693. The van der Waals surface area contributed by atoms with Gasteiger partial charge in [-0.15, -0.1) is 0 Å². The second kappa shape index (κ2) is 2.09. The maximum absolute atomic E-state index is 10.5. The van der Waals surface area contributed by atoms with Crippen molar-refractivity contribution in [1.29, 1.82) is 0 Å². The molecule has 0 saturated carbocycles. The summed E-state index contributed by atoms with van der Waals surface area (Å²) in [7, 11) is -0.800. The Labute approximate surface area is 58.1 Å². The maximum Gasteiger partial charge on any atom is 0.0838 e. The van der Waals surface area contributed by atoms with Crippen LogP contribution in [-0.2, 0) is 10.8 Å². The smallest absolute Gasteiger partial charge is 0.0838 e. The molecule has 0 fully saturated rings. The van der Waals surface area contributed by atoms with Gasteiger partial charge in [0, 0.05) is 5.41 Å². The highest BCUT2D eigenvalue weighted by Gasteiger charge is 2.00. The molecule has 1 unspecified atom stereocenters. The van der Waals surface area contributed by atoms with E-state index < -0.39 is 10.8 Å². The number of hydrogen-bond acceptors (Lipinski definition) is 1. The van der Waals surface area contributed by atoms with E-state index in [0.717, 1.165) is 2.91 Å². The van der Waals surface area contributed by atoms with Crippen LogP contribution in [0.25, 0.3) is 0 Å². The van der Waals surface area contributed by atoms with Gasteiger partial charge < -0.3 is 0 Å². The molecule has 1 rings (SSSR count). The molecule has 1 aliphatic rings. The summed E-state index contributed by atoms with van der Waals surface area (Å²) in [5, 5.41) is 1.67. The minimum absolute atomic E-state index is 0.800. The van der Waals surface area contributed by atoms with Gasteiger partial charge in [0.15, 0.2) is 0 Å². The fourth-order valence-corrected chi connectivity index (χ4v) is 1.53. The normalized spacial score (nSPS) is 28.1. The molecule has 38 valence electrons. The largest absolute Gasteiger partial charge is 0.249 e. The van der Waals surface area contributed by atoms with Gasteiger partial charge in [0.2, 0.25) is 0 Å². The summed E-state index contributed by atoms with van der Waals surface area (Å²) in [6, 6.07) is 0. The van der Waals surface area contributed by atoms with Gasteiger partial charge in [-0.2, -0.15) is 0 Å². The molecule has 0 aromatic heterocycles. The standard InChI is InChI=1S/C4H3IOS/c5-4-2-1-3-7(4)6/h1-3H. The van der Waals surface area contributed by atoms with Gasteiger partial charge in [0.1, 0.15) is 0 Å². The molecule has 0 aliphatic carbocycles. The summed E-state index contributed by atoms with van der Waals surface area (Å²) < 4.78 is 11.4. The lowest BCUT2D eigenvalue weighted by Gasteiger charge is -1.79. The van der Waals surface area contributed by atoms with Crippen LogP contribution in [0.2, 0.25) is 0 Å². The molecule has 1 nitrogen and oxygen atoms in total. The fourth-order valence-electron chi connectivity index (χ4n) is 0.318. The number of rotatable bonds is 0. The van der Waals surface area contributed by atoms with Crippen molar-refractivity contribution in [3.8, 4) is 0 Å². The molecule has 3 heteroatoms. The minimum atomic E-state index is -0.800. The molecule has 0 aromatic rings. The first-order valence-electron chi connectivity index (χ1n) is 1.75. The highest BCUT2D eigenvalue weighted by Crippen LogP contribution is 2.17. The molecule has 1 atom stereocenters. The van der Waals surface area contributed by atoms with Gasteiger partial charge in [-0.3, -0.25) is 0 Å². The highest BCUT2D eigenvalue weighted by atomic mass is 127. The zero-order valence-electron chi connectivity index (χ0n) is 3.43. The predicted molar refractivity (Wildman–Crippen MR) is 39.4 cm³/mol. The first-order valence-corrected chi connectivity index (χ1v) is 4.04. The van der Waals surface area contributed by atoms with E-state index in [4.69, 9.17) is 0 Å². The summed E-state index contributed by atoms with van der Waals surface area (Å²) in [6.07, 6.45) is 3.65. The molecule has 1 heterocycles. The summed E-state index contributed by atoms with van der Waals surface area (Å²) in [5.41, 5.74) is 0. The van der Waals surface area contributed by atoms with Gasteiger partial charge in [-0.1, -0.05) is 6.08 Å². The SMILES string of the molecule is O=S1C=CC=C1I. The van der Waals surface area contributed by atoms with Crippen LogP contribution in [0, 0.1) is 0 Å². The lowest BCUT2D eigenvalue weighted by Crippen LogP contribution is -1.72. The van der Waals surface area contributed by atoms with Crippen molar-refractivity contribution in [2.75, 3.05) is 0 Å². The molecule has 0 radical (unpaired) electrons. The summed E-state index contributed by atoms with van der Waals surface area (Å²) in [4.78, 5) is 0. The van der Waals surface area contributed by atoms with E-state index in [1.54, 1.807) is 11.5 Å². The molecule has 0 amide bonds. The van der Waals surface area contributed by atoms with Crippen molar-refractivity contribution < 1.29 is 4.21 Å². The molecule has 0 saturated heterocycles. The Morgan fingerprint density at radius 3 is 2.57 bits per heavy atom. The summed E-state index contributed by atoms with van der Waals surface area (Å²) in [6.45, 7) is 0. The monoisotopic (exact) mass is 226 g/mol. The van der Waals surface area contributed by atoms with Crippen LogP contribution < -0.4 is 0 Å². The summed E-state index contributed by atoms with van der Waals surface area (Å²) >= 11 is 2.06. The third-order valence-electron chi connectivity index (χ3n) is 0.622. The van der Waals surface area contributed by atoms with E-state index in [2.05, 4.69) is 22.6 Å². The van der Waals surface area contributed by atoms with Gasteiger partial charge >= 0.3 is 0 Å². The van der Waals surface area contributed by atoms with Crippen LogP contribution in [0.15, 0.2) is 20.5 Å². The predicted octanol–water partition coefficient (Wildman–Crippen LogP) is 1.54. The number of allylic oxidation sites excluding steroid dienone is 2. The second-order valence-electron chi connectivity index (χ2n) is 1.10. The highest BCUT2D eigenvalue weighted by molar-refractivity contribution is 14.1. The Kier molecular flexibility index (Phi) is 1.64. The molecular formula is C4H3IOS. The van der Waals surface area contributed by atoms with Crippen LogP contribution in [0.4, 0.5) is 0 Å². The van der Waals surface area contributed by atoms with Crippen LogP contribution in [-0.4, -0.2) is 4.21 Å². The second-order valence-corrected chi connectivity index (χ2v) is 4.30. The average molecular weight is 226 g/mol. The van der Waals surface area contributed by atoms with Gasteiger partial charge in [0.05, 0.1) is 13.7 Å². The van der Waals surface area contributed by atoms with Crippen molar-refractivity contribution in [1.82, 2.24) is 0 Å². The third kappa shape index (κ3) is 1.13. The van der Waals surface area contributed by atoms with E-state index in [-0.39, 0.29) is 0 Å². The maximum atomic E-state index is 10.5. The van der Waals surface area contributed by atoms with Crippen molar-refractivity contribution in [2.24, 2.45) is 0 Å². The van der Waals surface area contributed by atoms with Crippen molar-refractivity contribution in [3.63, 3.8) is 0 Å². The Morgan fingerprint density at radius 2 is 2.43 bits per heavy atom. The van der Waals surface area contributed by atoms with E-state index in [0.29, 0.717) is 0 Å². The van der Waals surface area contributed by atoms with E-state index in [1.807, 2.05) is 6.08 Å². The van der Waals surface area contributed by atoms with Crippen molar-refractivity contribution in [2.45, 2.75) is 0 Å². The first kappa shape index (κ1) is 5.50. The van der Waals surface area contributed by atoms with Crippen LogP contribution in [0.3, 0.4) is 0 Å². The quantitative estimate of drug-likeness (QED) is 0.572. The first-order chi connectivity index (χ1) is 3.30. The zero-order valence-corrected chi connectivity index (χ0v) is 6.40. The number of hydrogen-bond donors (Lipinski definition) is 0. The van der Waals surface area contributed by atoms with E-state index in [1.165, 1.54) is 0 Å². The van der Waals surface area contributed by atoms with E-state index in [9.17, 15) is 4.21 Å². The lowest BCUT2D eigenvalue weighted by atomic mass is 10.6. The van der Waals surface area contributed by atoms with Crippen LogP contribution in [0.1, 0.15) is 0 Å². The third-order valence-corrected chi connectivity index (χ3v) is 3.21. The molecule has 0 aromatic carbocycles. The minimum Gasteiger partial charge on any atom is -0.249 e. The van der Waals surface area contributed by atoms with Crippen molar-refractivity contribution >= 4 is 33.4 Å². The van der Waals surface area contributed by atoms with Crippen LogP contribution >= 0.6 is 22.6 Å². The van der Waals surface area contributed by atoms with Crippen molar-refractivity contribution in [3.05, 3.63) is 20.5 Å². The molecule has 0 bridgehead atoms. The Balaban J connectivity index is 2.89. The Morgan fingerprint density at radius 1 is 1.71 bits per heavy atom. The van der Waals surface area contributed by atoms with E-state index >= 15 is 0 Å². The zero-order chi connectivity index (χ0) is 5.28. The van der Waals surface area contributed by atoms with Gasteiger partial charge in [-0.05, 0) is 28.7 Å². The molecule has 7 heavy (non-hydrogen) atoms. The molecule has 0 spiro atoms. The van der Waals surface area contributed by atoms with Crippen LogP contribution in [0.5, 0.6) is 0 Å². The summed E-state index contributed by atoms with van der Waals surface area (Å²) in [5.74, 6) is 0. The van der Waals surface area contributed by atoms with Gasteiger partial charge in [0.25, 0.3) is 0 Å². The Bertz CT molecular complexity index is 159. The average Bonchev–Trinajstić information content (AvgIpc) is 1.91. The molecule has 0 N–H and O–H groups in total. The molecule has 1 aliphatic heterocycles. The number of halogens is 1. The topological polar surface area (TPSA) is 17.1 Å². The van der Waals surface area contributed by atoms with Gasteiger partial charge in [-0.25, -0.2) is 4.21 Å². The fraction of sp³-hybridized carbons (Fsp3) is 0.